The summed E-state index contributed by atoms with van der Waals surface area (Å²) in [5, 5.41) is 17.5. The molecule has 0 aliphatic heterocycles. The molecule has 4 nitrogen and oxygen atoms in total. The lowest BCUT2D eigenvalue weighted by Crippen LogP contribution is -2.08. The first kappa shape index (κ1) is 14.3. The van der Waals surface area contributed by atoms with Crippen LogP contribution in [0, 0.1) is 0 Å². The lowest BCUT2D eigenvalue weighted by atomic mass is 9.92. The van der Waals surface area contributed by atoms with E-state index in [1.165, 1.54) is 11.6 Å². The van der Waals surface area contributed by atoms with E-state index in [9.17, 15) is 5.11 Å². The van der Waals surface area contributed by atoms with E-state index < -0.39 is 0 Å². The number of fused-ring (bicyclic) bond motifs is 1. The van der Waals surface area contributed by atoms with Gasteiger partial charge in [-0.1, -0.05) is 12.7 Å². The molecule has 1 heterocycles. The third-order valence-corrected chi connectivity index (χ3v) is 3.81. The largest absolute Gasteiger partial charge is 0.508 e. The van der Waals surface area contributed by atoms with E-state index in [1.54, 1.807) is 6.08 Å². The molecule has 0 amide bonds. The van der Waals surface area contributed by atoms with Gasteiger partial charge in [0.05, 0.1) is 17.4 Å². The Labute approximate surface area is 129 Å². The summed E-state index contributed by atoms with van der Waals surface area (Å²) in [6.45, 7) is 3.54. The molecule has 0 spiro atoms. The van der Waals surface area contributed by atoms with E-state index in [0.717, 1.165) is 48.0 Å². The number of aliphatic hydroxyl groups excluding tert-OH is 1. The minimum Gasteiger partial charge on any atom is -0.508 e. The zero-order valence-corrected chi connectivity index (χ0v) is 12.4. The van der Waals surface area contributed by atoms with Crippen LogP contribution in [-0.2, 0) is 0 Å². The van der Waals surface area contributed by atoms with Gasteiger partial charge in [-0.05, 0) is 61.6 Å². The zero-order chi connectivity index (χ0) is 15.4. The van der Waals surface area contributed by atoms with E-state index in [-0.39, 0.29) is 5.76 Å². The van der Waals surface area contributed by atoms with Crippen molar-refractivity contribution < 1.29 is 5.11 Å². The number of aliphatic imine (C=N–C) groups is 1. The van der Waals surface area contributed by atoms with Crippen molar-refractivity contribution in [2.45, 2.75) is 25.7 Å². The molecule has 1 aliphatic carbocycles. The summed E-state index contributed by atoms with van der Waals surface area (Å²) in [4.78, 5) is 4.80. The van der Waals surface area contributed by atoms with Crippen molar-refractivity contribution in [1.29, 1.82) is 0 Å². The average Bonchev–Trinajstić information content (AvgIpc) is 2.92. The number of H-pyrrole nitrogens is 1. The van der Waals surface area contributed by atoms with Gasteiger partial charge in [0.2, 0.25) is 0 Å². The number of aromatic nitrogens is 2. The normalized spacial score (nSPS) is 15.5. The zero-order valence-electron chi connectivity index (χ0n) is 12.4. The lowest BCUT2D eigenvalue weighted by Gasteiger charge is -2.16. The molecule has 22 heavy (non-hydrogen) atoms. The van der Waals surface area contributed by atoms with Crippen LogP contribution in [0.4, 0.5) is 5.69 Å². The Kier molecular flexibility index (Phi) is 4.19. The molecular formula is C18H19N3O. The van der Waals surface area contributed by atoms with Gasteiger partial charge in [-0.2, -0.15) is 5.10 Å². The van der Waals surface area contributed by atoms with Crippen molar-refractivity contribution in [3.8, 4) is 0 Å². The van der Waals surface area contributed by atoms with E-state index in [2.05, 4.69) is 22.9 Å². The maximum absolute atomic E-state index is 9.44. The smallest absolute Gasteiger partial charge is 0.111 e. The fraction of sp³-hybridized carbons (Fsp3) is 0.222. The molecule has 2 N–H and O–H groups in total. The SMILES string of the molecule is C=C/C(O)=C\CC/C(=N/c1ccc2[nH]ncc2c1)C1=CCC1. The van der Waals surface area contributed by atoms with Crippen molar-refractivity contribution >= 4 is 22.3 Å². The van der Waals surface area contributed by atoms with Gasteiger partial charge < -0.3 is 5.11 Å². The maximum atomic E-state index is 9.44. The summed E-state index contributed by atoms with van der Waals surface area (Å²) < 4.78 is 0. The third kappa shape index (κ3) is 3.17. The topological polar surface area (TPSA) is 61.3 Å². The fourth-order valence-electron chi connectivity index (χ4n) is 2.43. The van der Waals surface area contributed by atoms with Crippen LogP contribution >= 0.6 is 0 Å². The molecule has 4 heteroatoms. The number of aliphatic hydroxyl groups is 1. The Morgan fingerprint density at radius 2 is 2.32 bits per heavy atom. The van der Waals surface area contributed by atoms with Crippen molar-refractivity contribution in [2.75, 3.05) is 0 Å². The van der Waals surface area contributed by atoms with Gasteiger partial charge in [0, 0.05) is 11.1 Å². The van der Waals surface area contributed by atoms with Crippen LogP contribution in [0.1, 0.15) is 25.7 Å². The molecule has 0 saturated carbocycles. The van der Waals surface area contributed by atoms with Crippen LogP contribution < -0.4 is 0 Å². The van der Waals surface area contributed by atoms with Gasteiger partial charge in [0.1, 0.15) is 5.76 Å². The quantitative estimate of drug-likeness (QED) is 0.458. The van der Waals surface area contributed by atoms with E-state index in [1.807, 2.05) is 24.4 Å². The number of allylic oxidation sites excluding steroid dienone is 4. The third-order valence-electron chi connectivity index (χ3n) is 3.81. The van der Waals surface area contributed by atoms with Crippen molar-refractivity contribution in [3.05, 3.63) is 60.5 Å². The number of hydrogen-bond donors (Lipinski definition) is 2. The molecule has 112 valence electrons. The highest BCUT2D eigenvalue weighted by Gasteiger charge is 2.12. The van der Waals surface area contributed by atoms with Gasteiger partial charge in [-0.3, -0.25) is 10.1 Å². The summed E-state index contributed by atoms with van der Waals surface area (Å²) in [7, 11) is 0. The number of benzene rings is 1. The summed E-state index contributed by atoms with van der Waals surface area (Å²) in [6.07, 6.45) is 11.0. The van der Waals surface area contributed by atoms with Crippen LogP contribution in [0.5, 0.6) is 0 Å². The second-order valence-electron chi connectivity index (χ2n) is 5.34. The monoisotopic (exact) mass is 293 g/mol. The second-order valence-corrected chi connectivity index (χ2v) is 5.34. The van der Waals surface area contributed by atoms with E-state index >= 15 is 0 Å². The average molecular weight is 293 g/mol. The Balaban J connectivity index is 1.82. The summed E-state index contributed by atoms with van der Waals surface area (Å²) in [5.74, 6) is 0.224. The maximum Gasteiger partial charge on any atom is 0.111 e. The molecule has 0 bridgehead atoms. The molecule has 1 aliphatic rings. The van der Waals surface area contributed by atoms with E-state index in [0.29, 0.717) is 0 Å². The van der Waals surface area contributed by atoms with Gasteiger partial charge in [-0.25, -0.2) is 0 Å². The van der Waals surface area contributed by atoms with Gasteiger partial charge in [0.25, 0.3) is 0 Å². The van der Waals surface area contributed by atoms with Gasteiger partial charge in [-0.15, -0.1) is 0 Å². The molecular weight excluding hydrogens is 274 g/mol. The Morgan fingerprint density at radius 3 is 3.05 bits per heavy atom. The predicted octanol–water partition coefficient (Wildman–Crippen LogP) is 4.76. The lowest BCUT2D eigenvalue weighted by molar-refractivity contribution is 0.430. The summed E-state index contributed by atoms with van der Waals surface area (Å²) in [6, 6.07) is 6.03. The molecule has 1 aromatic carbocycles. The van der Waals surface area contributed by atoms with Crippen LogP contribution in [0.3, 0.4) is 0 Å². The molecule has 3 rings (SSSR count). The highest BCUT2D eigenvalue weighted by atomic mass is 16.3. The first-order chi connectivity index (χ1) is 10.8. The molecule has 0 atom stereocenters. The van der Waals surface area contributed by atoms with E-state index in [4.69, 9.17) is 4.99 Å². The molecule has 0 unspecified atom stereocenters. The first-order valence-corrected chi connectivity index (χ1v) is 7.48. The number of hydrogen-bond acceptors (Lipinski definition) is 3. The Bertz CT molecular complexity index is 780. The minimum absolute atomic E-state index is 0.224. The van der Waals surface area contributed by atoms with Crippen LogP contribution in [-0.4, -0.2) is 21.0 Å². The Morgan fingerprint density at radius 1 is 1.45 bits per heavy atom. The van der Waals surface area contributed by atoms with Gasteiger partial charge >= 0.3 is 0 Å². The molecule has 0 saturated heterocycles. The number of rotatable bonds is 6. The highest BCUT2D eigenvalue weighted by Crippen LogP contribution is 2.26. The minimum atomic E-state index is 0.224. The van der Waals surface area contributed by atoms with Crippen molar-refractivity contribution in [2.24, 2.45) is 4.99 Å². The number of nitrogens with zero attached hydrogens (tertiary/aromatic N) is 2. The van der Waals surface area contributed by atoms with Crippen LogP contribution in [0.15, 0.2) is 65.5 Å². The van der Waals surface area contributed by atoms with Crippen molar-refractivity contribution in [3.63, 3.8) is 0 Å². The molecule has 0 radical (unpaired) electrons. The molecule has 2 aromatic rings. The standard InChI is InChI=1S/C18H19N3O/c1-2-16(22)7-4-8-17(13-5-3-6-13)20-15-9-10-18-14(11-15)12-19-21-18/h2,5,7,9-12,22H,1,3-4,6,8H2,(H,19,21)/b16-7+,20-17-. The number of aromatic amines is 1. The van der Waals surface area contributed by atoms with Crippen molar-refractivity contribution in [1.82, 2.24) is 10.2 Å². The number of nitrogens with one attached hydrogen (secondary N) is 1. The Hall–Kier alpha value is -2.62. The summed E-state index contributed by atoms with van der Waals surface area (Å²) in [5.41, 5.74) is 4.37. The van der Waals surface area contributed by atoms with Crippen LogP contribution in [0.2, 0.25) is 0 Å². The van der Waals surface area contributed by atoms with Gasteiger partial charge in [0.15, 0.2) is 0 Å². The molecule has 1 aromatic heterocycles. The summed E-state index contributed by atoms with van der Waals surface area (Å²) >= 11 is 0. The van der Waals surface area contributed by atoms with Crippen LogP contribution in [0.25, 0.3) is 10.9 Å². The first-order valence-electron chi connectivity index (χ1n) is 7.48. The fourth-order valence-corrected chi connectivity index (χ4v) is 2.43. The molecule has 0 fully saturated rings. The predicted molar refractivity (Wildman–Crippen MR) is 90.6 cm³/mol. The highest BCUT2D eigenvalue weighted by molar-refractivity contribution is 6.03. The second kappa shape index (κ2) is 6.43.